The number of hydrogen-bond acceptors (Lipinski definition) is 5. The molecule has 9 heteroatoms. The van der Waals surface area contributed by atoms with Crippen molar-refractivity contribution in [2.45, 2.75) is 31.1 Å². The molecule has 1 amide bonds. The Balaban J connectivity index is 1.55. The van der Waals surface area contributed by atoms with E-state index < -0.39 is 21.9 Å². The number of benzene rings is 1. The number of carbonyl (C=O) groups is 2. The van der Waals surface area contributed by atoms with E-state index in [1.807, 2.05) is 6.92 Å². The molecule has 2 heterocycles. The molecule has 1 aromatic rings. The van der Waals surface area contributed by atoms with E-state index >= 15 is 0 Å². The molecule has 8 nitrogen and oxygen atoms in total. The van der Waals surface area contributed by atoms with Gasteiger partial charge in [-0.15, -0.1) is 0 Å². The second-order valence-corrected chi connectivity index (χ2v) is 8.76. The van der Waals surface area contributed by atoms with Crippen molar-refractivity contribution >= 4 is 27.7 Å². The number of sulfonamides is 1. The molecule has 0 spiro atoms. The minimum absolute atomic E-state index is 0.0830. The fraction of sp³-hybridized carbons (Fsp3) is 0.500. The van der Waals surface area contributed by atoms with Gasteiger partial charge in [0.15, 0.2) is 0 Å². The molecule has 27 heavy (non-hydrogen) atoms. The van der Waals surface area contributed by atoms with Crippen molar-refractivity contribution in [3.8, 4) is 0 Å². The maximum absolute atomic E-state index is 12.4. The van der Waals surface area contributed by atoms with Crippen LogP contribution in [0.5, 0.6) is 0 Å². The van der Waals surface area contributed by atoms with Crippen LogP contribution in [0.2, 0.25) is 0 Å². The van der Waals surface area contributed by atoms with Crippen LogP contribution in [0.4, 0.5) is 0 Å². The number of carboxylic acid groups (broad SMARTS) is 1. The lowest BCUT2D eigenvalue weighted by Gasteiger charge is -2.34. The Bertz CT molecular complexity index is 881. The number of amides is 1. The first-order valence-electron chi connectivity index (χ1n) is 8.95. The first-order valence-corrected chi connectivity index (χ1v) is 10.4. The number of likely N-dealkylation sites (tertiary alicyclic amines) is 1. The van der Waals surface area contributed by atoms with Crippen molar-refractivity contribution < 1.29 is 23.1 Å². The van der Waals surface area contributed by atoms with Gasteiger partial charge in [0.25, 0.3) is 10.0 Å². The summed E-state index contributed by atoms with van der Waals surface area (Å²) in [6.07, 6.45) is 1.31. The number of hydrogen-bond donors (Lipinski definition) is 2. The fourth-order valence-corrected chi connectivity index (χ4v) is 4.82. The molecule has 2 N–H and O–H groups in total. The van der Waals surface area contributed by atoms with Gasteiger partial charge in [-0.25, -0.2) is 8.42 Å². The summed E-state index contributed by atoms with van der Waals surface area (Å²) in [7, 11) is -3.56. The highest BCUT2D eigenvalue weighted by Crippen LogP contribution is 2.23. The Hall–Kier alpha value is -2.42. The highest BCUT2D eigenvalue weighted by atomic mass is 32.2. The normalized spacial score (nSPS) is 25.1. The number of piperidine rings is 1. The smallest absolute Gasteiger partial charge is 0.308 e. The second-order valence-electron chi connectivity index (χ2n) is 7.11. The molecular weight excluding hydrogens is 370 g/mol. The van der Waals surface area contributed by atoms with Crippen molar-refractivity contribution in [3.05, 3.63) is 29.8 Å². The van der Waals surface area contributed by atoms with E-state index in [-0.39, 0.29) is 29.7 Å². The van der Waals surface area contributed by atoms with Crippen molar-refractivity contribution in [2.24, 2.45) is 16.8 Å². The van der Waals surface area contributed by atoms with E-state index in [0.717, 1.165) is 0 Å². The fourth-order valence-electron chi connectivity index (χ4n) is 3.56. The molecule has 2 aliphatic heterocycles. The van der Waals surface area contributed by atoms with Gasteiger partial charge in [0.2, 0.25) is 5.91 Å². The predicted molar refractivity (Wildman–Crippen MR) is 98.9 cm³/mol. The quantitative estimate of drug-likeness (QED) is 0.726. The van der Waals surface area contributed by atoms with Crippen LogP contribution in [0.1, 0.15) is 31.7 Å². The average molecular weight is 393 g/mol. The van der Waals surface area contributed by atoms with E-state index in [4.69, 9.17) is 0 Å². The zero-order valence-electron chi connectivity index (χ0n) is 15.1. The molecule has 0 saturated carbocycles. The molecule has 0 bridgehead atoms. The maximum Gasteiger partial charge on any atom is 0.308 e. The number of nitrogens with zero attached hydrogens (tertiary/aromatic N) is 2. The van der Waals surface area contributed by atoms with E-state index in [1.165, 1.54) is 6.07 Å². The second kappa shape index (κ2) is 7.67. The van der Waals surface area contributed by atoms with Gasteiger partial charge >= 0.3 is 5.97 Å². The molecule has 2 aliphatic rings. The van der Waals surface area contributed by atoms with Gasteiger partial charge in [0.1, 0.15) is 5.84 Å². The number of aliphatic imine (C=N–C) groups is 1. The van der Waals surface area contributed by atoms with Crippen molar-refractivity contribution in [2.75, 3.05) is 19.6 Å². The van der Waals surface area contributed by atoms with Crippen LogP contribution in [-0.2, 0) is 19.6 Å². The largest absolute Gasteiger partial charge is 0.481 e. The molecule has 2 unspecified atom stereocenters. The van der Waals surface area contributed by atoms with Gasteiger partial charge in [0.05, 0.1) is 10.8 Å². The first-order chi connectivity index (χ1) is 12.8. The average Bonchev–Trinajstić information content (AvgIpc) is 2.89. The number of aliphatic carboxylic acids is 1. The molecular formula is C18H23N3O5S. The van der Waals surface area contributed by atoms with Crippen LogP contribution >= 0.6 is 0 Å². The van der Waals surface area contributed by atoms with Crippen molar-refractivity contribution in [1.29, 1.82) is 0 Å². The van der Waals surface area contributed by atoms with Gasteiger partial charge in [-0.3, -0.25) is 19.3 Å². The lowest BCUT2D eigenvalue weighted by atomic mass is 9.90. The van der Waals surface area contributed by atoms with Gasteiger partial charge in [0, 0.05) is 31.6 Å². The molecule has 1 saturated heterocycles. The summed E-state index contributed by atoms with van der Waals surface area (Å²) < 4.78 is 26.5. The van der Waals surface area contributed by atoms with E-state index in [0.29, 0.717) is 37.3 Å². The van der Waals surface area contributed by atoms with Crippen molar-refractivity contribution in [3.63, 3.8) is 0 Å². The Morgan fingerprint density at radius 3 is 2.78 bits per heavy atom. The number of amidine groups is 1. The number of carboxylic acids is 1. The monoisotopic (exact) mass is 393 g/mol. The summed E-state index contributed by atoms with van der Waals surface area (Å²) in [5.74, 6) is -0.996. The summed E-state index contributed by atoms with van der Waals surface area (Å²) in [6.45, 7) is 3.08. The van der Waals surface area contributed by atoms with E-state index in [1.54, 1.807) is 23.1 Å². The van der Waals surface area contributed by atoms with Crippen LogP contribution in [0.15, 0.2) is 34.2 Å². The third-order valence-electron chi connectivity index (χ3n) is 4.84. The number of rotatable bonds is 5. The molecule has 0 aliphatic carbocycles. The molecule has 2 atom stereocenters. The minimum Gasteiger partial charge on any atom is -0.481 e. The lowest BCUT2D eigenvalue weighted by molar-refractivity contribution is -0.146. The summed E-state index contributed by atoms with van der Waals surface area (Å²) in [5.41, 5.74) is 0.540. The van der Waals surface area contributed by atoms with Crippen LogP contribution in [0.25, 0.3) is 0 Å². The maximum atomic E-state index is 12.4. The van der Waals surface area contributed by atoms with Crippen LogP contribution in [0, 0.1) is 11.8 Å². The highest BCUT2D eigenvalue weighted by molar-refractivity contribution is 7.90. The summed E-state index contributed by atoms with van der Waals surface area (Å²) in [4.78, 5) is 29.7. The van der Waals surface area contributed by atoms with E-state index in [2.05, 4.69) is 9.71 Å². The third-order valence-corrected chi connectivity index (χ3v) is 6.24. The highest BCUT2D eigenvalue weighted by Gasteiger charge is 2.32. The number of carbonyl (C=O) groups excluding carboxylic acids is 1. The zero-order chi connectivity index (χ0) is 19.6. The first kappa shape index (κ1) is 19.3. The van der Waals surface area contributed by atoms with Crippen LogP contribution in [0.3, 0.4) is 0 Å². The molecule has 146 valence electrons. The number of nitrogens with one attached hydrogen (secondary N) is 1. The van der Waals surface area contributed by atoms with Gasteiger partial charge in [-0.05, 0) is 30.9 Å². The lowest BCUT2D eigenvalue weighted by Crippen LogP contribution is -2.45. The SMILES string of the molecule is CC1CC(C(=O)O)CN(C(=O)CCCN=C2NS(=O)(=O)c3ccccc32)C1. The third kappa shape index (κ3) is 4.29. The standard InChI is InChI=1S/C18H23N3O5S/c1-12-9-13(18(23)24)11-21(10-12)16(22)7-4-8-19-17-14-5-2-3-6-15(14)27(25,26)20-17/h2-3,5-6,12-13H,4,7-11H2,1H3,(H,19,20)(H,23,24). The van der Waals surface area contributed by atoms with Gasteiger partial charge < -0.3 is 10.0 Å². The summed E-state index contributed by atoms with van der Waals surface area (Å²) >= 11 is 0. The van der Waals surface area contributed by atoms with Crippen LogP contribution in [-0.4, -0.2) is 55.8 Å². The Morgan fingerprint density at radius 1 is 1.30 bits per heavy atom. The molecule has 1 fully saturated rings. The Morgan fingerprint density at radius 2 is 2.04 bits per heavy atom. The Labute approximate surface area is 158 Å². The summed E-state index contributed by atoms with van der Waals surface area (Å²) in [6, 6.07) is 6.62. The zero-order valence-corrected chi connectivity index (χ0v) is 15.9. The molecule has 0 radical (unpaired) electrons. The predicted octanol–water partition coefficient (Wildman–Crippen LogP) is 1.07. The molecule has 0 aromatic heterocycles. The van der Waals surface area contributed by atoms with Gasteiger partial charge in [-0.1, -0.05) is 19.1 Å². The topological polar surface area (TPSA) is 116 Å². The Kier molecular flexibility index (Phi) is 5.50. The molecule has 1 aromatic carbocycles. The van der Waals surface area contributed by atoms with Gasteiger partial charge in [-0.2, -0.15) is 0 Å². The number of fused-ring (bicyclic) bond motifs is 1. The van der Waals surface area contributed by atoms with Crippen LogP contribution < -0.4 is 4.72 Å². The molecule has 3 rings (SSSR count). The minimum atomic E-state index is -3.56. The van der Waals surface area contributed by atoms with E-state index in [9.17, 15) is 23.1 Å². The summed E-state index contributed by atoms with van der Waals surface area (Å²) in [5, 5.41) is 9.20. The van der Waals surface area contributed by atoms with Crippen molar-refractivity contribution in [1.82, 2.24) is 9.62 Å².